The molecule has 1 saturated heterocycles. The lowest BCUT2D eigenvalue weighted by molar-refractivity contribution is -0.0946. The van der Waals surface area contributed by atoms with Gasteiger partial charge < -0.3 is 14.4 Å². The largest absolute Gasteiger partial charge is 0.444 e. The fourth-order valence-corrected chi connectivity index (χ4v) is 3.68. The number of carbonyl (C=O) groups excluding carboxylic acids is 1. The van der Waals surface area contributed by atoms with Crippen LogP contribution in [0, 0.1) is 0 Å². The Kier molecular flexibility index (Phi) is 5.98. The van der Waals surface area contributed by atoms with E-state index in [0.717, 1.165) is 28.5 Å². The minimum Gasteiger partial charge on any atom is -0.444 e. The molecule has 1 amide bonds. The molecule has 1 aliphatic rings. The van der Waals surface area contributed by atoms with Gasteiger partial charge in [0.2, 0.25) is 0 Å². The Morgan fingerprint density at radius 3 is 2.48 bits per heavy atom. The number of likely N-dealkylation sites (tertiary alicyclic amines) is 1. The molecule has 1 aliphatic heterocycles. The molecular formula is C17H26ClNO3S. The van der Waals surface area contributed by atoms with Crippen molar-refractivity contribution in [2.24, 2.45) is 0 Å². The Hall–Kier alpha value is -0.780. The average molecular weight is 360 g/mol. The van der Waals surface area contributed by atoms with Gasteiger partial charge in [-0.1, -0.05) is 18.5 Å². The summed E-state index contributed by atoms with van der Waals surface area (Å²) >= 11 is 7.52. The van der Waals surface area contributed by atoms with Crippen LogP contribution in [-0.2, 0) is 16.1 Å². The molecule has 4 nitrogen and oxygen atoms in total. The van der Waals surface area contributed by atoms with Gasteiger partial charge in [0, 0.05) is 18.0 Å². The third-order valence-electron chi connectivity index (χ3n) is 4.12. The smallest absolute Gasteiger partial charge is 0.410 e. The fourth-order valence-electron chi connectivity index (χ4n) is 2.68. The van der Waals surface area contributed by atoms with E-state index in [-0.39, 0.29) is 11.7 Å². The van der Waals surface area contributed by atoms with Crippen molar-refractivity contribution in [3.8, 4) is 0 Å². The summed E-state index contributed by atoms with van der Waals surface area (Å²) in [6.07, 6.45) is 2.38. The molecule has 0 spiro atoms. The Bertz CT molecular complexity index is 530. The minimum absolute atomic E-state index is 0.158. The summed E-state index contributed by atoms with van der Waals surface area (Å²) in [4.78, 5) is 15.1. The summed E-state index contributed by atoms with van der Waals surface area (Å²) in [7, 11) is 0. The number of hydrogen-bond donors (Lipinski definition) is 0. The maximum absolute atomic E-state index is 12.1. The number of halogens is 1. The van der Waals surface area contributed by atoms with Crippen molar-refractivity contribution in [3.05, 3.63) is 21.3 Å². The van der Waals surface area contributed by atoms with E-state index in [4.69, 9.17) is 21.1 Å². The van der Waals surface area contributed by atoms with Crippen LogP contribution in [-0.4, -0.2) is 35.3 Å². The van der Waals surface area contributed by atoms with Gasteiger partial charge in [-0.2, -0.15) is 0 Å². The van der Waals surface area contributed by atoms with E-state index in [1.807, 2.05) is 32.9 Å². The Balaban J connectivity index is 1.87. The quantitative estimate of drug-likeness (QED) is 0.750. The topological polar surface area (TPSA) is 38.8 Å². The zero-order chi connectivity index (χ0) is 17.1. The molecule has 0 saturated carbocycles. The lowest BCUT2D eigenvalue weighted by Crippen LogP contribution is -2.49. The molecular weight excluding hydrogens is 334 g/mol. The molecule has 1 fully saturated rings. The Labute approximate surface area is 147 Å². The van der Waals surface area contributed by atoms with Gasteiger partial charge in [-0.15, -0.1) is 11.3 Å². The SMILES string of the molecule is CCC1(OCc2ccc(Cl)s2)CCN(C(=O)OC(C)(C)C)CC1. The maximum atomic E-state index is 12.1. The van der Waals surface area contributed by atoms with Gasteiger partial charge in [-0.3, -0.25) is 0 Å². The van der Waals surface area contributed by atoms with Crippen LogP contribution in [0.1, 0.15) is 51.8 Å². The van der Waals surface area contributed by atoms with Crippen LogP contribution in [0.4, 0.5) is 4.79 Å². The normalized spacial score (nSPS) is 18.0. The molecule has 0 bridgehead atoms. The van der Waals surface area contributed by atoms with E-state index in [1.54, 1.807) is 16.2 Å². The third kappa shape index (κ3) is 5.37. The first-order chi connectivity index (χ1) is 10.7. The highest BCUT2D eigenvalue weighted by Crippen LogP contribution is 2.32. The van der Waals surface area contributed by atoms with Crippen molar-refractivity contribution in [1.29, 1.82) is 0 Å². The van der Waals surface area contributed by atoms with Gasteiger partial charge in [0.25, 0.3) is 0 Å². The number of hydrogen-bond acceptors (Lipinski definition) is 4. The van der Waals surface area contributed by atoms with Gasteiger partial charge in [0.1, 0.15) is 5.60 Å². The van der Waals surface area contributed by atoms with Gasteiger partial charge in [-0.25, -0.2) is 4.79 Å². The van der Waals surface area contributed by atoms with Crippen molar-refractivity contribution in [2.45, 2.75) is 64.8 Å². The van der Waals surface area contributed by atoms with Gasteiger partial charge >= 0.3 is 6.09 Å². The lowest BCUT2D eigenvalue weighted by atomic mass is 9.88. The van der Waals surface area contributed by atoms with Crippen LogP contribution in [0.3, 0.4) is 0 Å². The monoisotopic (exact) mass is 359 g/mol. The number of amides is 1. The standard InChI is InChI=1S/C17H26ClNO3S/c1-5-17(21-12-13-6-7-14(18)23-13)8-10-19(11-9-17)15(20)22-16(2,3)4/h6-7H,5,8-12H2,1-4H3. The van der Waals surface area contributed by atoms with Crippen molar-refractivity contribution in [1.82, 2.24) is 4.90 Å². The molecule has 6 heteroatoms. The van der Waals surface area contributed by atoms with Crippen LogP contribution < -0.4 is 0 Å². The van der Waals surface area contributed by atoms with Gasteiger partial charge in [0.15, 0.2) is 0 Å². The zero-order valence-corrected chi connectivity index (χ0v) is 15.9. The Morgan fingerprint density at radius 1 is 1.35 bits per heavy atom. The van der Waals surface area contributed by atoms with Gasteiger partial charge in [0.05, 0.1) is 16.5 Å². The van der Waals surface area contributed by atoms with E-state index in [2.05, 4.69) is 6.92 Å². The summed E-state index contributed by atoms with van der Waals surface area (Å²) < 4.78 is 12.5. The zero-order valence-electron chi connectivity index (χ0n) is 14.4. The Morgan fingerprint density at radius 2 is 2.00 bits per heavy atom. The number of thiophene rings is 1. The van der Waals surface area contributed by atoms with E-state index in [9.17, 15) is 4.79 Å². The predicted molar refractivity (Wildman–Crippen MR) is 94.2 cm³/mol. The van der Waals surface area contributed by atoms with E-state index in [1.165, 1.54) is 0 Å². The number of nitrogens with zero attached hydrogens (tertiary/aromatic N) is 1. The van der Waals surface area contributed by atoms with E-state index in [0.29, 0.717) is 19.7 Å². The number of carbonyl (C=O) groups is 1. The fraction of sp³-hybridized carbons (Fsp3) is 0.706. The molecule has 0 aromatic carbocycles. The molecule has 1 aromatic heterocycles. The van der Waals surface area contributed by atoms with Crippen LogP contribution in [0.2, 0.25) is 4.34 Å². The molecule has 0 aliphatic carbocycles. The summed E-state index contributed by atoms with van der Waals surface area (Å²) in [5.74, 6) is 0. The summed E-state index contributed by atoms with van der Waals surface area (Å²) in [6.45, 7) is 9.74. The molecule has 2 rings (SSSR count). The second-order valence-electron chi connectivity index (χ2n) is 7.00. The second-order valence-corrected chi connectivity index (χ2v) is 8.80. The molecule has 130 valence electrons. The third-order valence-corrected chi connectivity index (χ3v) is 5.32. The second kappa shape index (κ2) is 7.41. The molecule has 1 aromatic rings. The van der Waals surface area contributed by atoms with Crippen LogP contribution >= 0.6 is 22.9 Å². The van der Waals surface area contributed by atoms with Crippen molar-refractivity contribution in [3.63, 3.8) is 0 Å². The molecule has 0 unspecified atom stereocenters. The number of ether oxygens (including phenoxy) is 2. The molecule has 0 atom stereocenters. The summed E-state index contributed by atoms with van der Waals surface area (Å²) in [6, 6.07) is 3.90. The summed E-state index contributed by atoms with van der Waals surface area (Å²) in [5, 5.41) is 0. The highest BCUT2D eigenvalue weighted by atomic mass is 35.5. The van der Waals surface area contributed by atoms with Crippen molar-refractivity contribution < 1.29 is 14.3 Å². The van der Waals surface area contributed by atoms with Gasteiger partial charge in [-0.05, 0) is 52.2 Å². The first-order valence-corrected chi connectivity index (χ1v) is 9.28. The maximum Gasteiger partial charge on any atom is 0.410 e. The summed E-state index contributed by atoms with van der Waals surface area (Å²) in [5.41, 5.74) is -0.611. The minimum atomic E-state index is -0.453. The first-order valence-electron chi connectivity index (χ1n) is 8.09. The van der Waals surface area contributed by atoms with E-state index >= 15 is 0 Å². The molecule has 2 heterocycles. The highest BCUT2D eigenvalue weighted by molar-refractivity contribution is 7.16. The highest BCUT2D eigenvalue weighted by Gasteiger charge is 2.36. The van der Waals surface area contributed by atoms with Crippen molar-refractivity contribution >= 4 is 29.0 Å². The van der Waals surface area contributed by atoms with Crippen molar-refractivity contribution in [2.75, 3.05) is 13.1 Å². The van der Waals surface area contributed by atoms with Crippen LogP contribution in [0.15, 0.2) is 12.1 Å². The van der Waals surface area contributed by atoms with E-state index < -0.39 is 5.60 Å². The first kappa shape index (κ1) is 18.6. The molecule has 0 N–H and O–H groups in total. The number of rotatable bonds is 4. The lowest BCUT2D eigenvalue weighted by Gasteiger charge is -2.41. The van der Waals surface area contributed by atoms with Crippen LogP contribution in [0.25, 0.3) is 0 Å². The predicted octanol–water partition coefficient (Wildman–Crippen LogP) is 5.10. The van der Waals surface area contributed by atoms with Crippen LogP contribution in [0.5, 0.6) is 0 Å². The molecule has 0 radical (unpaired) electrons. The molecule has 23 heavy (non-hydrogen) atoms. The average Bonchev–Trinajstić information content (AvgIpc) is 2.89. The number of piperidine rings is 1.